The van der Waals surface area contributed by atoms with Crippen molar-refractivity contribution in [2.45, 2.75) is 20.8 Å². The highest BCUT2D eigenvalue weighted by Crippen LogP contribution is 2.24. The van der Waals surface area contributed by atoms with E-state index >= 15 is 0 Å². The van der Waals surface area contributed by atoms with Gasteiger partial charge in [-0.3, -0.25) is 0 Å². The van der Waals surface area contributed by atoms with E-state index in [2.05, 4.69) is 11.9 Å². The van der Waals surface area contributed by atoms with Crippen LogP contribution in [0.25, 0.3) is 0 Å². The minimum absolute atomic E-state index is 0.164. The number of aryl methyl sites for hydroxylation is 2. The summed E-state index contributed by atoms with van der Waals surface area (Å²) in [5.74, 6) is -0.175. The lowest BCUT2D eigenvalue weighted by Crippen LogP contribution is -2.14. The molecule has 0 spiro atoms. The Hall–Kier alpha value is -2.27. The highest BCUT2D eigenvalue weighted by Gasteiger charge is 2.10. The molecule has 0 aliphatic carbocycles. The fourth-order valence-corrected chi connectivity index (χ4v) is 2.54. The molecule has 0 radical (unpaired) electrons. The molecule has 0 atom stereocenters. The smallest absolute Gasteiger partial charge is 0.165 e. The topological polar surface area (TPSA) is 24.8 Å². The number of nitrogens with zero attached hydrogens (tertiary/aromatic N) is 2. The largest absolute Gasteiger partial charge is 0.485 e. The molecule has 0 amide bonds. The van der Waals surface area contributed by atoms with Crippen molar-refractivity contribution in [1.29, 1.82) is 0 Å². The highest BCUT2D eigenvalue weighted by atomic mass is 32.1. The molecule has 0 aliphatic rings. The zero-order valence-corrected chi connectivity index (χ0v) is 15.9. The average molecular weight is 358 g/mol. The summed E-state index contributed by atoms with van der Waals surface area (Å²) in [7, 11) is 1.98. The molecule has 0 aromatic heterocycles. The Kier molecular flexibility index (Phi) is 6.65. The molecular formula is C20H23FN2OS. The predicted octanol–water partition coefficient (Wildman–Crippen LogP) is 4.85. The summed E-state index contributed by atoms with van der Waals surface area (Å²) in [4.78, 5) is 7.17. The Labute approximate surface area is 154 Å². The standard InChI is InChI=1S/C20H23FN2OS/c1-5-23(4)13-22-18-11-14(2)16(10-15(18)3)20(25)12-24-19-9-7-6-8-17(19)21/h6-11,13H,5,12H2,1-4H3. The van der Waals surface area contributed by atoms with Gasteiger partial charge in [0.2, 0.25) is 0 Å². The normalized spacial score (nSPS) is 10.9. The second-order valence-corrected chi connectivity index (χ2v) is 6.41. The van der Waals surface area contributed by atoms with Gasteiger partial charge in [-0.15, -0.1) is 0 Å². The van der Waals surface area contributed by atoms with Crippen molar-refractivity contribution in [3.8, 4) is 5.75 Å². The molecule has 0 bridgehead atoms. The highest BCUT2D eigenvalue weighted by molar-refractivity contribution is 7.80. The third-order valence-electron chi connectivity index (χ3n) is 3.93. The number of hydrogen-bond donors (Lipinski definition) is 0. The van der Waals surface area contributed by atoms with Gasteiger partial charge in [0.25, 0.3) is 0 Å². The van der Waals surface area contributed by atoms with E-state index in [1.807, 2.05) is 44.3 Å². The van der Waals surface area contributed by atoms with Gasteiger partial charge >= 0.3 is 0 Å². The van der Waals surface area contributed by atoms with Crippen LogP contribution in [0.5, 0.6) is 5.75 Å². The molecule has 0 N–H and O–H groups in total. The summed E-state index contributed by atoms with van der Waals surface area (Å²) in [6.07, 6.45) is 1.82. The minimum atomic E-state index is -0.386. The van der Waals surface area contributed by atoms with E-state index in [-0.39, 0.29) is 18.2 Å². The summed E-state index contributed by atoms with van der Waals surface area (Å²) < 4.78 is 19.1. The summed E-state index contributed by atoms with van der Waals surface area (Å²) in [6.45, 7) is 7.13. The van der Waals surface area contributed by atoms with Crippen LogP contribution in [0.3, 0.4) is 0 Å². The van der Waals surface area contributed by atoms with Crippen molar-refractivity contribution in [1.82, 2.24) is 4.90 Å². The number of benzene rings is 2. The molecular weight excluding hydrogens is 335 g/mol. The Balaban J connectivity index is 2.13. The van der Waals surface area contributed by atoms with E-state index in [0.717, 1.165) is 28.9 Å². The number of halogens is 1. The molecule has 2 aromatic rings. The zero-order chi connectivity index (χ0) is 18.4. The fourth-order valence-electron chi connectivity index (χ4n) is 2.27. The third kappa shape index (κ3) is 5.10. The number of hydrogen-bond acceptors (Lipinski definition) is 3. The van der Waals surface area contributed by atoms with Gasteiger partial charge in [0, 0.05) is 13.6 Å². The van der Waals surface area contributed by atoms with Crippen molar-refractivity contribution in [2.75, 3.05) is 20.2 Å². The first kappa shape index (κ1) is 19.1. The van der Waals surface area contributed by atoms with Crippen LogP contribution in [0.4, 0.5) is 10.1 Å². The molecule has 132 valence electrons. The lowest BCUT2D eigenvalue weighted by Gasteiger charge is -2.13. The van der Waals surface area contributed by atoms with Gasteiger partial charge in [-0.2, -0.15) is 0 Å². The number of rotatable bonds is 7. The quantitative estimate of drug-likeness (QED) is 0.306. The van der Waals surface area contributed by atoms with Crippen molar-refractivity contribution < 1.29 is 9.13 Å². The second kappa shape index (κ2) is 8.72. The fraction of sp³-hybridized carbons (Fsp3) is 0.300. The SMILES string of the molecule is CCN(C)C=Nc1cc(C)c(C(=S)COc2ccccc2F)cc1C. The van der Waals surface area contributed by atoms with Crippen molar-refractivity contribution in [2.24, 2.45) is 4.99 Å². The maximum Gasteiger partial charge on any atom is 0.165 e. The van der Waals surface area contributed by atoms with Gasteiger partial charge in [-0.05, 0) is 61.7 Å². The van der Waals surface area contributed by atoms with E-state index in [1.54, 1.807) is 18.2 Å². The Bertz CT molecular complexity index is 789. The molecule has 0 fully saturated rings. The van der Waals surface area contributed by atoms with Crippen LogP contribution in [0, 0.1) is 19.7 Å². The van der Waals surface area contributed by atoms with E-state index in [9.17, 15) is 4.39 Å². The van der Waals surface area contributed by atoms with Gasteiger partial charge in [0.15, 0.2) is 11.6 Å². The Morgan fingerprint density at radius 3 is 2.64 bits per heavy atom. The second-order valence-electron chi connectivity index (χ2n) is 5.91. The maximum atomic E-state index is 13.6. The predicted molar refractivity (Wildman–Crippen MR) is 106 cm³/mol. The minimum Gasteiger partial charge on any atom is -0.485 e. The molecule has 0 heterocycles. The van der Waals surface area contributed by atoms with E-state index < -0.39 is 0 Å². The Morgan fingerprint density at radius 1 is 1.24 bits per heavy atom. The van der Waals surface area contributed by atoms with Crippen LogP contribution in [0.2, 0.25) is 0 Å². The summed E-state index contributed by atoms with van der Waals surface area (Å²) in [5.41, 5.74) is 3.92. The van der Waals surface area contributed by atoms with Crippen LogP contribution in [0.15, 0.2) is 41.4 Å². The number of thiocarbonyl (C=S) groups is 1. The number of ether oxygens (including phenoxy) is 1. The summed E-state index contributed by atoms with van der Waals surface area (Å²) in [5, 5.41) is 0. The summed E-state index contributed by atoms with van der Waals surface area (Å²) in [6, 6.07) is 10.4. The first-order valence-electron chi connectivity index (χ1n) is 8.18. The molecule has 2 rings (SSSR count). The third-order valence-corrected chi connectivity index (χ3v) is 4.27. The van der Waals surface area contributed by atoms with Crippen molar-refractivity contribution in [3.63, 3.8) is 0 Å². The van der Waals surface area contributed by atoms with E-state index in [1.165, 1.54) is 6.07 Å². The molecule has 2 aromatic carbocycles. The lowest BCUT2D eigenvalue weighted by atomic mass is 10.0. The van der Waals surface area contributed by atoms with Gasteiger partial charge in [0.05, 0.1) is 16.9 Å². The average Bonchev–Trinajstić information content (AvgIpc) is 2.60. The van der Waals surface area contributed by atoms with Crippen LogP contribution in [0.1, 0.15) is 23.6 Å². The van der Waals surface area contributed by atoms with Gasteiger partial charge in [0.1, 0.15) is 6.61 Å². The van der Waals surface area contributed by atoms with Gasteiger partial charge < -0.3 is 9.64 Å². The van der Waals surface area contributed by atoms with Crippen LogP contribution < -0.4 is 4.74 Å². The number of para-hydroxylation sites is 1. The first-order chi connectivity index (χ1) is 11.9. The maximum absolute atomic E-state index is 13.6. The molecule has 0 unspecified atom stereocenters. The van der Waals surface area contributed by atoms with E-state index in [0.29, 0.717) is 4.86 Å². The Morgan fingerprint density at radius 2 is 1.96 bits per heavy atom. The van der Waals surface area contributed by atoms with Gasteiger partial charge in [-0.25, -0.2) is 9.38 Å². The molecule has 25 heavy (non-hydrogen) atoms. The van der Waals surface area contributed by atoms with Crippen molar-refractivity contribution in [3.05, 3.63) is 58.9 Å². The summed E-state index contributed by atoms with van der Waals surface area (Å²) >= 11 is 5.48. The van der Waals surface area contributed by atoms with Crippen LogP contribution >= 0.6 is 12.2 Å². The number of aliphatic imine (C=N–C) groups is 1. The molecule has 0 saturated heterocycles. The molecule has 3 nitrogen and oxygen atoms in total. The molecule has 0 saturated carbocycles. The van der Waals surface area contributed by atoms with Gasteiger partial charge in [-0.1, -0.05) is 24.4 Å². The van der Waals surface area contributed by atoms with E-state index in [4.69, 9.17) is 17.0 Å². The van der Waals surface area contributed by atoms with Crippen LogP contribution in [-0.4, -0.2) is 36.3 Å². The first-order valence-corrected chi connectivity index (χ1v) is 8.59. The molecule has 0 aliphatic heterocycles. The van der Waals surface area contributed by atoms with Crippen molar-refractivity contribution >= 4 is 29.1 Å². The molecule has 5 heteroatoms. The lowest BCUT2D eigenvalue weighted by molar-refractivity contribution is 0.356. The zero-order valence-electron chi connectivity index (χ0n) is 15.0. The monoisotopic (exact) mass is 358 g/mol. The van der Waals surface area contributed by atoms with Crippen LogP contribution in [-0.2, 0) is 0 Å².